The van der Waals surface area contributed by atoms with Crippen LogP contribution in [0.5, 0.6) is 5.75 Å². The number of aliphatic hydroxyl groups is 1. The zero-order valence-electron chi connectivity index (χ0n) is 21.3. The van der Waals surface area contributed by atoms with E-state index in [1.807, 2.05) is 0 Å². The molecule has 1 saturated carbocycles. The van der Waals surface area contributed by atoms with Gasteiger partial charge < -0.3 is 30.2 Å². The van der Waals surface area contributed by atoms with E-state index in [1.165, 1.54) is 12.1 Å². The first-order chi connectivity index (χ1) is 19.2. The highest BCUT2D eigenvalue weighted by Crippen LogP contribution is 2.27. The molecule has 0 aliphatic heterocycles. The van der Waals surface area contributed by atoms with Crippen molar-refractivity contribution >= 4 is 34.5 Å². The highest BCUT2D eigenvalue weighted by molar-refractivity contribution is 5.97. The molecule has 1 aliphatic rings. The zero-order valence-corrected chi connectivity index (χ0v) is 21.3. The molecule has 4 N–H and O–H groups in total. The van der Waals surface area contributed by atoms with Crippen LogP contribution in [0.3, 0.4) is 0 Å². The second kappa shape index (κ2) is 11.7. The van der Waals surface area contributed by atoms with Gasteiger partial charge in [0.1, 0.15) is 23.0 Å². The van der Waals surface area contributed by atoms with Gasteiger partial charge in [0.2, 0.25) is 5.95 Å². The van der Waals surface area contributed by atoms with Crippen LogP contribution in [0.25, 0.3) is 11.0 Å². The van der Waals surface area contributed by atoms with E-state index in [0.29, 0.717) is 42.4 Å². The molecule has 0 spiro atoms. The van der Waals surface area contributed by atoms with Gasteiger partial charge in [-0.1, -0.05) is 0 Å². The number of aliphatic carboxylic acids is 1. The molecule has 0 saturated heterocycles. The Morgan fingerprint density at radius 3 is 2.65 bits per heavy atom. The molecule has 2 aromatic heterocycles. The number of halogens is 2. The monoisotopic (exact) mass is 551 g/mol. The Hall–Kier alpha value is -4.58. The van der Waals surface area contributed by atoms with E-state index in [1.54, 1.807) is 29.1 Å². The molecule has 208 valence electrons. The van der Waals surface area contributed by atoms with Crippen molar-refractivity contribution in [1.29, 1.82) is 0 Å². The molecule has 0 unspecified atom stereocenters. The van der Waals surface area contributed by atoms with Crippen LogP contribution in [0.2, 0.25) is 0 Å². The number of hydrogen-bond donors (Lipinski definition) is 4. The summed E-state index contributed by atoms with van der Waals surface area (Å²) in [6.45, 7) is -0.591. The maximum Gasteiger partial charge on any atom is 0.341 e. The summed E-state index contributed by atoms with van der Waals surface area (Å²) in [6.07, 6.45) is 5.40. The summed E-state index contributed by atoms with van der Waals surface area (Å²) in [7, 11) is 0. The third kappa shape index (κ3) is 6.34. The summed E-state index contributed by atoms with van der Waals surface area (Å²) in [5.74, 6) is -2.43. The van der Waals surface area contributed by atoms with E-state index >= 15 is 0 Å². The van der Waals surface area contributed by atoms with Gasteiger partial charge in [0, 0.05) is 41.1 Å². The predicted molar refractivity (Wildman–Crippen MR) is 142 cm³/mol. The summed E-state index contributed by atoms with van der Waals surface area (Å²) < 4.78 is 34.9. The Kier molecular flexibility index (Phi) is 7.87. The topological polar surface area (TPSA) is 139 Å². The van der Waals surface area contributed by atoms with Crippen LogP contribution in [0.15, 0.2) is 54.9 Å². The van der Waals surface area contributed by atoms with Gasteiger partial charge in [-0.25, -0.2) is 18.6 Å². The molecule has 5 rings (SSSR count). The van der Waals surface area contributed by atoms with Crippen LogP contribution in [-0.4, -0.2) is 55.4 Å². The number of fused-ring (bicyclic) bond motifs is 1. The fourth-order valence-electron chi connectivity index (χ4n) is 4.67. The molecule has 0 radical (unpaired) electrons. The number of carbonyl (C=O) groups excluding carboxylic acids is 1. The summed E-state index contributed by atoms with van der Waals surface area (Å²) in [5, 5.41) is 25.5. The number of aliphatic hydroxyl groups excluding tert-OH is 1. The van der Waals surface area contributed by atoms with Crippen molar-refractivity contribution in [2.24, 2.45) is 0 Å². The van der Waals surface area contributed by atoms with Crippen molar-refractivity contribution in [2.45, 2.75) is 44.4 Å². The Bertz CT molecular complexity index is 1550. The number of amides is 1. The zero-order chi connectivity index (χ0) is 28.2. The predicted octanol–water partition coefficient (Wildman–Crippen LogP) is 4.00. The van der Waals surface area contributed by atoms with Gasteiger partial charge in [-0.2, -0.15) is 4.98 Å². The van der Waals surface area contributed by atoms with Crippen molar-refractivity contribution in [2.75, 3.05) is 11.9 Å². The number of carboxylic acid groups (broad SMARTS) is 1. The van der Waals surface area contributed by atoms with Crippen molar-refractivity contribution in [3.05, 3.63) is 77.6 Å². The Balaban J connectivity index is 1.37. The number of hydrogen-bond acceptors (Lipinski definition) is 7. The van der Waals surface area contributed by atoms with Crippen LogP contribution in [0.1, 0.15) is 41.6 Å². The smallest absolute Gasteiger partial charge is 0.341 e. The summed E-state index contributed by atoms with van der Waals surface area (Å²) >= 11 is 0. The number of nitrogens with one attached hydrogen (secondary N) is 2. The molecule has 40 heavy (non-hydrogen) atoms. The van der Waals surface area contributed by atoms with Crippen LogP contribution < -0.4 is 15.4 Å². The average molecular weight is 552 g/mol. The summed E-state index contributed by atoms with van der Waals surface area (Å²) in [5.41, 5.74) is 1.26. The Labute approximate surface area is 227 Å². The Morgan fingerprint density at radius 1 is 1.07 bits per heavy atom. The van der Waals surface area contributed by atoms with E-state index < -0.39 is 30.1 Å². The van der Waals surface area contributed by atoms with E-state index in [9.17, 15) is 23.5 Å². The van der Waals surface area contributed by atoms with Crippen molar-refractivity contribution in [3.8, 4) is 5.75 Å². The molecule has 4 aromatic rings. The van der Waals surface area contributed by atoms with E-state index in [2.05, 4.69) is 20.6 Å². The molecule has 2 heterocycles. The minimum atomic E-state index is -1.20. The van der Waals surface area contributed by atoms with Crippen molar-refractivity contribution in [1.82, 2.24) is 19.9 Å². The second-order valence-corrected chi connectivity index (χ2v) is 9.65. The minimum absolute atomic E-state index is 0.0560. The number of nitrogens with zero attached hydrogens (tertiary/aromatic N) is 3. The number of aromatic nitrogens is 3. The van der Waals surface area contributed by atoms with E-state index in [0.717, 1.165) is 18.2 Å². The highest BCUT2D eigenvalue weighted by atomic mass is 19.1. The molecule has 0 bridgehead atoms. The SMILES string of the molecule is O=C(O)COc1cc(Nc2ncc3ccn(Cc4cc(F)ccc4F)c3n2)ccc1C(=O)NC1CCC(O)CC1. The third-order valence-corrected chi connectivity index (χ3v) is 6.72. The largest absolute Gasteiger partial charge is 0.481 e. The van der Waals surface area contributed by atoms with Gasteiger partial charge in [0.25, 0.3) is 5.91 Å². The lowest BCUT2D eigenvalue weighted by Crippen LogP contribution is -2.38. The van der Waals surface area contributed by atoms with Gasteiger partial charge in [-0.05, 0) is 62.1 Å². The average Bonchev–Trinajstić information content (AvgIpc) is 3.32. The van der Waals surface area contributed by atoms with E-state index in [4.69, 9.17) is 9.84 Å². The lowest BCUT2D eigenvalue weighted by molar-refractivity contribution is -0.139. The van der Waals surface area contributed by atoms with Crippen molar-refractivity contribution < 1.29 is 33.3 Å². The maximum atomic E-state index is 14.2. The number of carbonyl (C=O) groups is 2. The van der Waals surface area contributed by atoms with Crippen molar-refractivity contribution in [3.63, 3.8) is 0 Å². The summed E-state index contributed by atoms with van der Waals surface area (Å²) in [6, 6.07) is 9.54. The number of anilines is 2. The Morgan fingerprint density at radius 2 is 1.88 bits per heavy atom. The minimum Gasteiger partial charge on any atom is -0.481 e. The molecule has 1 fully saturated rings. The molecule has 10 nitrogen and oxygen atoms in total. The van der Waals surface area contributed by atoms with Crippen LogP contribution in [-0.2, 0) is 11.3 Å². The van der Waals surface area contributed by atoms with Gasteiger partial charge in [0.05, 0.1) is 18.2 Å². The molecular formula is C28H27F2N5O5. The van der Waals surface area contributed by atoms with Crippen LogP contribution in [0.4, 0.5) is 20.4 Å². The molecule has 1 amide bonds. The van der Waals surface area contributed by atoms with Crippen LogP contribution >= 0.6 is 0 Å². The van der Waals surface area contributed by atoms with Gasteiger partial charge >= 0.3 is 5.97 Å². The van der Waals surface area contributed by atoms with Gasteiger partial charge in [-0.15, -0.1) is 0 Å². The fraction of sp³-hybridized carbons (Fsp3) is 0.286. The summed E-state index contributed by atoms with van der Waals surface area (Å²) in [4.78, 5) is 32.9. The van der Waals surface area contributed by atoms with E-state index in [-0.39, 0.29) is 41.5 Å². The lowest BCUT2D eigenvalue weighted by atomic mass is 9.93. The number of carboxylic acids is 1. The first kappa shape index (κ1) is 27.0. The highest BCUT2D eigenvalue weighted by Gasteiger charge is 2.23. The maximum absolute atomic E-state index is 14.2. The van der Waals surface area contributed by atoms with Gasteiger partial charge in [-0.3, -0.25) is 4.79 Å². The molecule has 0 atom stereocenters. The first-order valence-electron chi connectivity index (χ1n) is 12.8. The van der Waals surface area contributed by atoms with Gasteiger partial charge in [0.15, 0.2) is 6.61 Å². The molecular weight excluding hydrogens is 524 g/mol. The lowest BCUT2D eigenvalue weighted by Gasteiger charge is -2.26. The molecule has 1 aliphatic carbocycles. The third-order valence-electron chi connectivity index (χ3n) is 6.72. The number of ether oxygens (including phenoxy) is 1. The standard InChI is InChI=1S/C28H27F2N5O5/c29-18-1-8-23(30)17(11-18)14-35-10-9-16-13-31-28(34-26(16)35)33-20-4-7-22(24(12-20)40-15-25(37)38)27(39)32-19-2-5-21(36)6-3-19/h1,4,7-13,19,21,36H,2-3,5-6,14-15H2,(H,32,39)(H,37,38)(H,31,33,34). The second-order valence-electron chi connectivity index (χ2n) is 9.65. The molecule has 2 aromatic carbocycles. The number of rotatable bonds is 9. The molecule has 12 heteroatoms. The first-order valence-corrected chi connectivity index (χ1v) is 12.8. The number of benzene rings is 2. The van der Waals surface area contributed by atoms with Crippen LogP contribution in [0, 0.1) is 11.6 Å². The quantitative estimate of drug-likeness (QED) is 0.245. The normalized spacial score (nSPS) is 17.0. The fourth-order valence-corrected chi connectivity index (χ4v) is 4.67.